The van der Waals surface area contributed by atoms with E-state index in [9.17, 15) is 19.7 Å². The van der Waals surface area contributed by atoms with Crippen molar-refractivity contribution in [2.24, 2.45) is 10.7 Å². The molecule has 0 fully saturated rings. The quantitative estimate of drug-likeness (QED) is 0.0450. The van der Waals surface area contributed by atoms with Crippen molar-refractivity contribution in [3.63, 3.8) is 0 Å². The Morgan fingerprint density at radius 1 is 1.18 bits per heavy atom. The highest BCUT2D eigenvalue weighted by atomic mass is 16.7. The third kappa shape index (κ3) is 13.1. The number of ether oxygens (including phenoxy) is 3. The topological polar surface area (TPSA) is 167 Å². The van der Waals surface area contributed by atoms with Crippen molar-refractivity contribution >= 4 is 23.9 Å². The Labute approximate surface area is 222 Å². The molecule has 12 nitrogen and oxygen atoms in total. The van der Waals surface area contributed by atoms with Crippen LogP contribution in [0.4, 0.5) is 0 Å². The molecule has 1 atom stereocenters. The Kier molecular flexibility index (Phi) is 14.3. The summed E-state index contributed by atoms with van der Waals surface area (Å²) < 4.78 is 16.1. The van der Waals surface area contributed by atoms with Gasteiger partial charge in [0.25, 0.3) is 5.96 Å². The first-order chi connectivity index (χ1) is 18.0. The number of hydrazine groups is 1. The number of esters is 1. The lowest BCUT2D eigenvalue weighted by atomic mass is 10.1. The van der Waals surface area contributed by atoms with E-state index < -0.39 is 23.0 Å². The maximum absolute atomic E-state index is 12.4. The van der Waals surface area contributed by atoms with Crippen molar-refractivity contribution in [1.29, 1.82) is 0 Å². The number of allylic oxidation sites excluding steroid dienone is 3. The monoisotopic (exact) mass is 531 g/mol. The number of carbonyl (C=O) groups excluding carboxylic acids is 2. The SMILES string of the molecule is COC(=O)[C@H](CCCN=C(N)N[N+](=O)[O-])NC(=O)/C=C/c1ccc(OC/C(C)=C/CC=C(C)C)c(OC)c1. The summed E-state index contributed by atoms with van der Waals surface area (Å²) in [6.45, 7) is 6.65. The van der Waals surface area contributed by atoms with Crippen LogP contribution < -0.4 is 25.9 Å². The van der Waals surface area contributed by atoms with E-state index in [1.54, 1.807) is 29.7 Å². The molecular formula is C26H37N5O7. The highest BCUT2D eigenvalue weighted by molar-refractivity contribution is 5.94. The summed E-state index contributed by atoms with van der Waals surface area (Å²) in [6.07, 6.45) is 8.48. The molecule has 1 aromatic rings. The highest BCUT2D eigenvalue weighted by Gasteiger charge is 2.20. The number of guanidine groups is 1. The van der Waals surface area contributed by atoms with E-state index in [-0.39, 0.29) is 18.9 Å². The smallest absolute Gasteiger partial charge is 0.328 e. The van der Waals surface area contributed by atoms with Gasteiger partial charge in [0.2, 0.25) is 5.91 Å². The Morgan fingerprint density at radius 2 is 1.92 bits per heavy atom. The normalized spacial score (nSPS) is 12.4. The third-order valence-electron chi connectivity index (χ3n) is 5.00. The number of nitrogens with zero attached hydrogens (tertiary/aromatic N) is 2. The van der Waals surface area contributed by atoms with Crippen LogP contribution in [0.1, 0.15) is 45.6 Å². The van der Waals surface area contributed by atoms with Crippen LogP contribution in [0.5, 0.6) is 11.5 Å². The van der Waals surface area contributed by atoms with Gasteiger partial charge in [0.1, 0.15) is 12.6 Å². The number of aliphatic imine (C=N–C) groups is 1. The van der Waals surface area contributed by atoms with Crippen LogP contribution in [0.25, 0.3) is 6.08 Å². The molecule has 12 heteroatoms. The number of nitro groups is 1. The molecule has 0 heterocycles. The van der Waals surface area contributed by atoms with Crippen LogP contribution in [0.3, 0.4) is 0 Å². The minimum Gasteiger partial charge on any atom is -0.493 e. The number of hydrogen-bond donors (Lipinski definition) is 3. The molecule has 0 aromatic heterocycles. The maximum atomic E-state index is 12.4. The van der Waals surface area contributed by atoms with Gasteiger partial charge in [-0.15, -0.1) is 0 Å². The van der Waals surface area contributed by atoms with Gasteiger partial charge in [0, 0.05) is 12.6 Å². The molecule has 1 rings (SSSR count). The molecule has 0 aliphatic heterocycles. The fourth-order valence-electron chi connectivity index (χ4n) is 3.06. The minimum absolute atomic E-state index is 0.116. The van der Waals surface area contributed by atoms with E-state index in [0.29, 0.717) is 30.1 Å². The van der Waals surface area contributed by atoms with Crippen LogP contribution in [-0.2, 0) is 14.3 Å². The zero-order valence-corrected chi connectivity index (χ0v) is 22.5. The molecule has 38 heavy (non-hydrogen) atoms. The van der Waals surface area contributed by atoms with Gasteiger partial charge >= 0.3 is 5.97 Å². The van der Waals surface area contributed by atoms with E-state index >= 15 is 0 Å². The van der Waals surface area contributed by atoms with Crippen molar-refractivity contribution in [3.8, 4) is 11.5 Å². The average molecular weight is 532 g/mol. The summed E-state index contributed by atoms with van der Waals surface area (Å²) >= 11 is 0. The second-order valence-corrected chi connectivity index (χ2v) is 8.46. The molecule has 0 saturated heterocycles. The highest BCUT2D eigenvalue weighted by Crippen LogP contribution is 2.29. The Balaban J connectivity index is 2.73. The number of benzene rings is 1. The predicted molar refractivity (Wildman–Crippen MR) is 145 cm³/mol. The zero-order valence-electron chi connectivity index (χ0n) is 22.5. The largest absolute Gasteiger partial charge is 0.493 e. The number of rotatable bonds is 15. The number of methoxy groups -OCH3 is 2. The molecule has 208 valence electrons. The van der Waals surface area contributed by atoms with Crippen molar-refractivity contribution in [2.45, 2.75) is 46.1 Å². The van der Waals surface area contributed by atoms with E-state index in [1.807, 2.05) is 6.92 Å². The van der Waals surface area contributed by atoms with Gasteiger partial charge in [-0.3, -0.25) is 4.79 Å². The van der Waals surface area contributed by atoms with Crippen molar-refractivity contribution in [3.05, 3.63) is 63.3 Å². The van der Waals surface area contributed by atoms with Crippen LogP contribution in [0, 0.1) is 10.1 Å². The fraction of sp³-hybridized carbons (Fsp3) is 0.423. The molecule has 0 radical (unpaired) electrons. The van der Waals surface area contributed by atoms with Gasteiger partial charge in [-0.1, -0.05) is 29.2 Å². The summed E-state index contributed by atoms with van der Waals surface area (Å²) in [5.74, 6) is -0.389. The molecule has 1 amide bonds. The summed E-state index contributed by atoms with van der Waals surface area (Å²) in [5, 5.41) is 12.1. The lowest BCUT2D eigenvalue weighted by Crippen LogP contribution is -2.41. The second-order valence-electron chi connectivity index (χ2n) is 8.46. The molecule has 4 N–H and O–H groups in total. The number of nitrogens with one attached hydrogen (secondary N) is 2. The molecule has 0 aliphatic rings. The van der Waals surface area contributed by atoms with Gasteiger partial charge in [0.05, 0.1) is 14.2 Å². The molecule has 0 saturated carbocycles. The van der Waals surface area contributed by atoms with E-state index in [4.69, 9.17) is 19.9 Å². The van der Waals surface area contributed by atoms with Crippen molar-refractivity contribution < 1.29 is 28.8 Å². The molecule has 0 spiro atoms. The first-order valence-electron chi connectivity index (χ1n) is 11.9. The van der Waals surface area contributed by atoms with Gasteiger partial charge in [-0.25, -0.2) is 19.9 Å². The molecule has 0 aliphatic carbocycles. The van der Waals surface area contributed by atoms with Crippen LogP contribution >= 0.6 is 0 Å². The van der Waals surface area contributed by atoms with E-state index in [0.717, 1.165) is 12.0 Å². The Bertz CT molecular complexity index is 1080. The van der Waals surface area contributed by atoms with Crippen molar-refractivity contribution in [2.75, 3.05) is 27.4 Å². The van der Waals surface area contributed by atoms with Gasteiger partial charge in [0.15, 0.2) is 16.5 Å². The van der Waals surface area contributed by atoms with Gasteiger partial charge in [-0.05, 0) is 69.4 Å². The summed E-state index contributed by atoms with van der Waals surface area (Å²) in [7, 11) is 2.75. The van der Waals surface area contributed by atoms with Crippen LogP contribution in [0.2, 0.25) is 0 Å². The third-order valence-corrected chi connectivity index (χ3v) is 5.00. The number of carbonyl (C=O) groups is 2. The standard InChI is InChI=1S/C26H37N5O7/c1-18(2)8-6-9-19(3)17-38-22-13-11-20(16-23(22)36-4)12-14-24(32)29-21(25(33)37-5)10-7-15-28-26(27)30-31(34)35/h8-9,11-14,16,21H,6-7,10,15,17H2,1-5H3,(H,29,32)(H3,27,28,30)/b14-12+,19-9+/t21-/m0/s1. The summed E-state index contributed by atoms with van der Waals surface area (Å²) in [5.41, 5.74) is 10.1. The molecule has 0 bridgehead atoms. The van der Waals surface area contributed by atoms with Gasteiger partial charge in [-0.2, -0.15) is 0 Å². The maximum Gasteiger partial charge on any atom is 0.328 e. The van der Waals surface area contributed by atoms with Crippen LogP contribution in [-0.4, -0.2) is 56.3 Å². The number of hydrogen-bond acceptors (Lipinski definition) is 8. The molecular weight excluding hydrogens is 494 g/mol. The summed E-state index contributed by atoms with van der Waals surface area (Å²) in [4.78, 5) is 38.6. The lowest BCUT2D eigenvalue weighted by Gasteiger charge is -2.15. The van der Waals surface area contributed by atoms with Crippen molar-refractivity contribution in [1.82, 2.24) is 10.7 Å². The van der Waals surface area contributed by atoms with E-state index in [2.05, 4.69) is 36.3 Å². The predicted octanol–water partition coefficient (Wildman–Crippen LogP) is 2.92. The van der Waals surface area contributed by atoms with Gasteiger partial charge < -0.3 is 25.3 Å². The van der Waals surface area contributed by atoms with Crippen LogP contribution in [0.15, 0.2) is 52.6 Å². The first kappa shape index (κ1) is 31.7. The first-order valence-corrected chi connectivity index (χ1v) is 11.9. The second kappa shape index (κ2) is 17.2. The average Bonchev–Trinajstić information content (AvgIpc) is 2.86. The lowest BCUT2D eigenvalue weighted by molar-refractivity contribution is -0.525. The number of nitrogens with two attached hydrogens (primary N) is 1. The minimum atomic E-state index is -0.921. The fourth-order valence-corrected chi connectivity index (χ4v) is 3.06. The summed E-state index contributed by atoms with van der Waals surface area (Å²) in [6, 6.07) is 4.36. The number of amides is 1. The molecule has 0 unspecified atom stereocenters. The molecule has 1 aromatic carbocycles. The Morgan fingerprint density at radius 3 is 2.55 bits per heavy atom. The zero-order chi connectivity index (χ0) is 28.5. The van der Waals surface area contributed by atoms with E-state index in [1.165, 1.54) is 25.9 Å². The Hall–Kier alpha value is -4.35.